The number of hydrogen-bond acceptors (Lipinski definition) is 5. The van der Waals surface area contributed by atoms with Crippen LogP contribution >= 0.6 is 0 Å². The number of nitrogens with one attached hydrogen (secondary N) is 2. The molecule has 0 bridgehead atoms. The van der Waals surface area contributed by atoms with Crippen LogP contribution < -0.4 is 15.9 Å². The highest BCUT2D eigenvalue weighted by Crippen LogP contribution is 2.32. The molecule has 1 aliphatic carbocycles. The zero-order valence-corrected chi connectivity index (χ0v) is 12.0. The van der Waals surface area contributed by atoms with Crippen LogP contribution in [-0.2, 0) is 0 Å². The summed E-state index contributed by atoms with van der Waals surface area (Å²) in [5, 5.41) is 14.3. The molecule has 1 saturated carbocycles. The van der Waals surface area contributed by atoms with Crippen LogP contribution in [0.3, 0.4) is 0 Å². The second-order valence-corrected chi connectivity index (χ2v) is 6.07. The van der Waals surface area contributed by atoms with E-state index < -0.39 is 0 Å². The van der Waals surface area contributed by atoms with Gasteiger partial charge < -0.3 is 10.2 Å². The number of rotatable bonds is 4. The fraction of sp³-hybridized carbons (Fsp3) is 0.643. The summed E-state index contributed by atoms with van der Waals surface area (Å²) >= 11 is 0. The van der Waals surface area contributed by atoms with Crippen LogP contribution in [0.2, 0.25) is 0 Å². The van der Waals surface area contributed by atoms with Crippen molar-refractivity contribution < 1.29 is 0 Å². The molecule has 21 heavy (non-hydrogen) atoms. The van der Waals surface area contributed by atoms with E-state index >= 15 is 0 Å². The quantitative estimate of drug-likeness (QED) is 0.851. The predicted molar refractivity (Wildman–Crippen MR) is 79.6 cm³/mol. The first kappa shape index (κ1) is 12.8. The molecule has 0 spiro atoms. The van der Waals surface area contributed by atoms with E-state index in [-0.39, 0.29) is 5.69 Å². The number of fused-ring (bicyclic) bond motifs is 1. The van der Waals surface area contributed by atoms with Gasteiger partial charge in [-0.25, -0.2) is 9.89 Å². The first-order valence-corrected chi connectivity index (χ1v) is 7.73. The smallest absolute Gasteiger partial charge is 0.352 e. The lowest BCUT2D eigenvalue weighted by Crippen LogP contribution is -2.38. The van der Waals surface area contributed by atoms with Gasteiger partial charge in [-0.1, -0.05) is 0 Å². The Kier molecular flexibility index (Phi) is 3.14. The minimum absolute atomic E-state index is 0.274. The van der Waals surface area contributed by atoms with Crippen LogP contribution in [0.15, 0.2) is 16.9 Å². The number of nitrogens with zero attached hydrogens (tertiary/aromatic N) is 4. The highest BCUT2D eigenvalue weighted by atomic mass is 16.2. The number of anilines is 1. The highest BCUT2D eigenvalue weighted by molar-refractivity contribution is 5.46. The Balaban J connectivity index is 1.62. The van der Waals surface area contributed by atoms with Gasteiger partial charge in [-0.15, -0.1) is 5.10 Å². The lowest BCUT2D eigenvalue weighted by Gasteiger charge is -2.30. The molecule has 0 radical (unpaired) electrons. The summed E-state index contributed by atoms with van der Waals surface area (Å²) in [5.74, 6) is 1.61. The molecule has 4 rings (SSSR count). The van der Waals surface area contributed by atoms with Crippen LogP contribution in [0.1, 0.15) is 25.7 Å². The van der Waals surface area contributed by atoms with E-state index in [9.17, 15) is 4.79 Å². The molecule has 7 nitrogen and oxygen atoms in total. The molecule has 2 aromatic heterocycles. The summed E-state index contributed by atoms with van der Waals surface area (Å²) in [7, 11) is 0. The maximum absolute atomic E-state index is 11.7. The van der Waals surface area contributed by atoms with Crippen LogP contribution in [0.25, 0.3) is 5.65 Å². The average Bonchev–Trinajstić information content (AvgIpc) is 3.30. The van der Waals surface area contributed by atoms with Crippen molar-refractivity contribution in [3.05, 3.63) is 22.6 Å². The van der Waals surface area contributed by atoms with Crippen molar-refractivity contribution in [3.8, 4) is 0 Å². The molecule has 2 aromatic rings. The molecular formula is C14H20N6O. The molecule has 0 atom stereocenters. The summed E-state index contributed by atoms with van der Waals surface area (Å²) < 4.78 is 1.35. The summed E-state index contributed by atoms with van der Waals surface area (Å²) in [6.45, 7) is 3.26. The molecule has 0 unspecified atom stereocenters. The van der Waals surface area contributed by atoms with E-state index in [1.54, 1.807) is 0 Å². The van der Waals surface area contributed by atoms with Gasteiger partial charge in [-0.3, -0.25) is 0 Å². The SMILES string of the molecule is O=c1[nH]nc2ccc(N(CC3CCNCC3)C3CC3)nn12. The van der Waals surface area contributed by atoms with Crippen LogP contribution in [0.5, 0.6) is 0 Å². The molecule has 112 valence electrons. The second kappa shape index (κ2) is 5.14. The highest BCUT2D eigenvalue weighted by Gasteiger charge is 2.32. The first-order chi connectivity index (χ1) is 10.3. The fourth-order valence-electron chi connectivity index (χ4n) is 3.10. The van der Waals surface area contributed by atoms with Gasteiger partial charge in [0, 0.05) is 12.6 Å². The van der Waals surface area contributed by atoms with Crippen molar-refractivity contribution >= 4 is 11.5 Å². The Morgan fingerprint density at radius 2 is 2.05 bits per heavy atom. The van der Waals surface area contributed by atoms with Gasteiger partial charge in [0.05, 0.1) is 0 Å². The minimum atomic E-state index is -0.274. The zero-order valence-electron chi connectivity index (χ0n) is 12.0. The fourth-order valence-corrected chi connectivity index (χ4v) is 3.10. The van der Waals surface area contributed by atoms with Gasteiger partial charge in [0.25, 0.3) is 0 Å². The van der Waals surface area contributed by atoms with E-state index in [0.717, 1.165) is 25.5 Å². The maximum atomic E-state index is 11.7. The number of aromatic amines is 1. The molecule has 0 aromatic carbocycles. The standard InChI is InChI=1S/C14H20N6O/c21-14-17-16-12-3-4-13(18-20(12)14)19(11-1-2-11)9-10-5-7-15-8-6-10/h3-4,10-11,15H,1-2,5-9H2,(H,17,21). The van der Waals surface area contributed by atoms with E-state index in [1.807, 2.05) is 12.1 Å². The Morgan fingerprint density at radius 1 is 1.24 bits per heavy atom. The van der Waals surface area contributed by atoms with Crippen LogP contribution in [-0.4, -0.2) is 45.5 Å². The third-order valence-electron chi connectivity index (χ3n) is 4.45. The molecule has 7 heteroatoms. The molecular weight excluding hydrogens is 268 g/mol. The number of aromatic nitrogens is 4. The van der Waals surface area contributed by atoms with Gasteiger partial charge >= 0.3 is 5.69 Å². The van der Waals surface area contributed by atoms with Crippen molar-refractivity contribution in [2.24, 2.45) is 5.92 Å². The Bertz CT molecular complexity index is 682. The third-order valence-corrected chi connectivity index (χ3v) is 4.45. The lowest BCUT2D eigenvalue weighted by molar-refractivity contribution is 0.371. The first-order valence-electron chi connectivity index (χ1n) is 7.73. The van der Waals surface area contributed by atoms with E-state index in [1.165, 1.54) is 30.2 Å². The summed E-state index contributed by atoms with van der Waals surface area (Å²) in [4.78, 5) is 14.1. The normalized spacial score (nSPS) is 20.0. The van der Waals surface area contributed by atoms with Gasteiger partial charge in [0.15, 0.2) is 5.65 Å². The predicted octanol–water partition coefficient (Wildman–Crippen LogP) is 0.386. The van der Waals surface area contributed by atoms with Crippen molar-refractivity contribution in [2.75, 3.05) is 24.5 Å². The Morgan fingerprint density at radius 3 is 2.81 bits per heavy atom. The molecule has 3 heterocycles. The molecule has 1 saturated heterocycles. The summed E-state index contributed by atoms with van der Waals surface area (Å²) in [6, 6.07) is 4.43. The molecule has 2 fully saturated rings. The Hall–Kier alpha value is -1.89. The Labute approximate surface area is 122 Å². The van der Waals surface area contributed by atoms with E-state index in [0.29, 0.717) is 17.6 Å². The van der Waals surface area contributed by atoms with Crippen molar-refractivity contribution in [3.63, 3.8) is 0 Å². The molecule has 0 amide bonds. The molecule has 2 aliphatic rings. The molecule has 2 N–H and O–H groups in total. The largest absolute Gasteiger partial charge is 0.364 e. The summed E-state index contributed by atoms with van der Waals surface area (Å²) in [6.07, 6.45) is 4.89. The monoisotopic (exact) mass is 288 g/mol. The zero-order chi connectivity index (χ0) is 14.2. The van der Waals surface area contributed by atoms with Gasteiger partial charge in [-0.2, -0.15) is 9.61 Å². The summed E-state index contributed by atoms with van der Waals surface area (Å²) in [5.41, 5.74) is 0.297. The number of piperidine rings is 1. The topological polar surface area (TPSA) is 78.3 Å². The second-order valence-electron chi connectivity index (χ2n) is 6.07. The van der Waals surface area contributed by atoms with Crippen molar-refractivity contribution in [2.45, 2.75) is 31.7 Å². The number of hydrogen-bond donors (Lipinski definition) is 2. The third kappa shape index (κ3) is 2.53. The van der Waals surface area contributed by atoms with Gasteiger partial charge in [0.2, 0.25) is 0 Å². The van der Waals surface area contributed by atoms with Crippen LogP contribution in [0.4, 0.5) is 5.82 Å². The van der Waals surface area contributed by atoms with Crippen molar-refractivity contribution in [1.29, 1.82) is 0 Å². The molecule has 1 aliphatic heterocycles. The van der Waals surface area contributed by atoms with Gasteiger partial charge in [-0.05, 0) is 56.8 Å². The lowest BCUT2D eigenvalue weighted by atomic mass is 9.97. The average molecular weight is 288 g/mol. The van der Waals surface area contributed by atoms with Crippen molar-refractivity contribution in [1.82, 2.24) is 25.1 Å². The number of H-pyrrole nitrogens is 1. The maximum Gasteiger partial charge on any atom is 0.364 e. The van der Waals surface area contributed by atoms with E-state index in [4.69, 9.17) is 0 Å². The van der Waals surface area contributed by atoms with Gasteiger partial charge in [0.1, 0.15) is 5.82 Å². The van der Waals surface area contributed by atoms with Crippen LogP contribution in [0, 0.1) is 5.92 Å². The minimum Gasteiger partial charge on any atom is -0.352 e. The van der Waals surface area contributed by atoms with E-state index in [2.05, 4.69) is 25.5 Å².